The van der Waals surface area contributed by atoms with Crippen LogP contribution < -0.4 is 18.9 Å². The summed E-state index contributed by atoms with van der Waals surface area (Å²) >= 11 is 0. The number of hydrogen-bond acceptors (Lipinski definition) is 6. The fraction of sp³-hybridized carbons (Fsp3) is 0.200. The Morgan fingerprint density at radius 1 is 0.583 bits per heavy atom. The highest BCUT2D eigenvalue weighted by atomic mass is 16.5. The van der Waals surface area contributed by atoms with Crippen LogP contribution in [0, 0.1) is 0 Å². The molecule has 0 amide bonds. The van der Waals surface area contributed by atoms with E-state index in [0.29, 0.717) is 47.2 Å². The Labute approximate surface area is 211 Å². The van der Waals surface area contributed by atoms with E-state index in [1.54, 1.807) is 7.11 Å². The fourth-order valence-corrected chi connectivity index (χ4v) is 4.12. The maximum absolute atomic E-state index is 11.4. The molecule has 0 aliphatic carbocycles. The van der Waals surface area contributed by atoms with E-state index in [9.17, 15) is 5.11 Å². The van der Waals surface area contributed by atoms with Crippen molar-refractivity contribution in [3.63, 3.8) is 0 Å². The molecule has 0 aliphatic heterocycles. The molecule has 0 radical (unpaired) electrons. The van der Waals surface area contributed by atoms with Gasteiger partial charge in [0, 0.05) is 16.7 Å². The lowest BCUT2D eigenvalue weighted by Crippen LogP contribution is -2.05. The summed E-state index contributed by atoms with van der Waals surface area (Å²) < 4.78 is 29.1. The number of aromatic hydroxyl groups is 1. The lowest BCUT2D eigenvalue weighted by molar-refractivity contribution is 0.105. The van der Waals surface area contributed by atoms with Crippen LogP contribution in [0.2, 0.25) is 0 Å². The van der Waals surface area contributed by atoms with Crippen LogP contribution in [0.15, 0.2) is 84.9 Å². The van der Waals surface area contributed by atoms with Crippen molar-refractivity contribution < 1.29 is 28.8 Å². The third kappa shape index (κ3) is 5.39. The number of methoxy groups -OCH3 is 3. The molecule has 186 valence electrons. The van der Waals surface area contributed by atoms with Crippen molar-refractivity contribution in [3.8, 4) is 39.9 Å². The SMILES string of the molecule is COc1c(O)c(-c2ccccc2OCc2ccccc2)c(COCc2ccccc2)c(OC)c1OC. The van der Waals surface area contributed by atoms with Gasteiger partial charge < -0.3 is 28.8 Å². The molecular formula is C30H30O6. The van der Waals surface area contributed by atoms with Gasteiger partial charge in [0.1, 0.15) is 12.4 Å². The number of benzene rings is 4. The number of phenols is 1. The predicted molar refractivity (Wildman–Crippen MR) is 139 cm³/mol. The Morgan fingerprint density at radius 2 is 1.14 bits per heavy atom. The van der Waals surface area contributed by atoms with Gasteiger partial charge in [0.15, 0.2) is 11.5 Å². The molecule has 6 nitrogen and oxygen atoms in total. The van der Waals surface area contributed by atoms with Gasteiger partial charge in [0.05, 0.1) is 34.5 Å². The summed E-state index contributed by atoms with van der Waals surface area (Å²) in [6.07, 6.45) is 0. The van der Waals surface area contributed by atoms with E-state index in [2.05, 4.69) is 0 Å². The van der Waals surface area contributed by atoms with Gasteiger partial charge in [-0.15, -0.1) is 0 Å². The summed E-state index contributed by atoms with van der Waals surface area (Å²) in [5, 5.41) is 11.4. The van der Waals surface area contributed by atoms with Crippen molar-refractivity contribution in [2.24, 2.45) is 0 Å². The highest BCUT2D eigenvalue weighted by Gasteiger charge is 2.29. The van der Waals surface area contributed by atoms with Crippen molar-refractivity contribution >= 4 is 0 Å². The molecule has 4 aromatic rings. The van der Waals surface area contributed by atoms with E-state index in [4.69, 9.17) is 23.7 Å². The molecule has 36 heavy (non-hydrogen) atoms. The van der Waals surface area contributed by atoms with Gasteiger partial charge in [0.25, 0.3) is 0 Å². The first-order valence-corrected chi connectivity index (χ1v) is 11.6. The molecule has 0 aromatic heterocycles. The van der Waals surface area contributed by atoms with Crippen LogP contribution in [0.5, 0.6) is 28.7 Å². The highest BCUT2D eigenvalue weighted by molar-refractivity contribution is 5.85. The standard InChI is InChI=1S/C30H30O6/c1-32-28-24(20-35-18-21-12-6-4-7-13-21)26(27(31)29(33-2)30(28)34-3)23-16-10-11-17-25(23)36-19-22-14-8-5-9-15-22/h4-17,31H,18-20H2,1-3H3. The van der Waals surface area contributed by atoms with Gasteiger partial charge >= 0.3 is 0 Å². The Hall–Kier alpha value is -4.16. The summed E-state index contributed by atoms with van der Waals surface area (Å²) in [5.74, 6) is 1.42. The second-order valence-electron chi connectivity index (χ2n) is 8.05. The van der Waals surface area contributed by atoms with Crippen LogP contribution in [0.1, 0.15) is 16.7 Å². The second kappa shape index (κ2) is 12.0. The minimum atomic E-state index is -0.0794. The molecule has 0 aliphatic rings. The third-order valence-corrected chi connectivity index (χ3v) is 5.80. The van der Waals surface area contributed by atoms with E-state index < -0.39 is 0 Å². The first-order valence-electron chi connectivity index (χ1n) is 11.6. The zero-order chi connectivity index (χ0) is 25.3. The smallest absolute Gasteiger partial charge is 0.207 e. The zero-order valence-corrected chi connectivity index (χ0v) is 20.7. The minimum absolute atomic E-state index is 0.0794. The molecule has 0 spiro atoms. The molecule has 0 bridgehead atoms. The summed E-state index contributed by atoms with van der Waals surface area (Å²) in [6.45, 7) is 0.932. The molecule has 6 heteroatoms. The molecule has 0 unspecified atom stereocenters. The average Bonchev–Trinajstić information content (AvgIpc) is 2.93. The summed E-state index contributed by atoms with van der Waals surface area (Å²) in [6, 6.07) is 27.3. The minimum Gasteiger partial charge on any atom is -0.504 e. The van der Waals surface area contributed by atoms with Crippen molar-refractivity contribution in [1.29, 1.82) is 0 Å². The Kier molecular flexibility index (Phi) is 8.32. The molecule has 0 fully saturated rings. The molecule has 0 heterocycles. The topological polar surface area (TPSA) is 66.4 Å². The normalized spacial score (nSPS) is 10.6. The van der Waals surface area contributed by atoms with Crippen molar-refractivity contribution in [1.82, 2.24) is 0 Å². The maximum Gasteiger partial charge on any atom is 0.207 e. The monoisotopic (exact) mass is 486 g/mol. The molecule has 0 saturated heterocycles. The zero-order valence-electron chi connectivity index (χ0n) is 20.7. The summed E-state index contributed by atoms with van der Waals surface area (Å²) in [5.41, 5.74) is 3.88. The van der Waals surface area contributed by atoms with Crippen LogP contribution >= 0.6 is 0 Å². The number of phenolic OH excluding ortho intramolecular Hbond substituents is 1. The van der Waals surface area contributed by atoms with Gasteiger partial charge in [-0.1, -0.05) is 78.9 Å². The van der Waals surface area contributed by atoms with Gasteiger partial charge in [-0.05, 0) is 17.2 Å². The van der Waals surface area contributed by atoms with E-state index in [1.165, 1.54) is 14.2 Å². The fourth-order valence-electron chi connectivity index (χ4n) is 4.12. The van der Waals surface area contributed by atoms with Crippen LogP contribution in [-0.4, -0.2) is 26.4 Å². The molecular weight excluding hydrogens is 456 g/mol. The van der Waals surface area contributed by atoms with E-state index in [0.717, 1.165) is 11.1 Å². The van der Waals surface area contributed by atoms with Crippen LogP contribution in [-0.2, 0) is 24.6 Å². The van der Waals surface area contributed by atoms with Crippen molar-refractivity contribution in [2.45, 2.75) is 19.8 Å². The van der Waals surface area contributed by atoms with E-state index in [-0.39, 0.29) is 18.1 Å². The predicted octanol–water partition coefficient (Wildman–Crippen LogP) is 6.38. The lowest BCUT2D eigenvalue weighted by atomic mass is 9.95. The number of rotatable bonds is 11. The Morgan fingerprint density at radius 3 is 1.75 bits per heavy atom. The third-order valence-electron chi connectivity index (χ3n) is 5.80. The van der Waals surface area contributed by atoms with E-state index in [1.807, 2.05) is 84.9 Å². The van der Waals surface area contributed by atoms with Gasteiger partial charge in [0.2, 0.25) is 11.5 Å². The van der Waals surface area contributed by atoms with Gasteiger partial charge in [-0.25, -0.2) is 0 Å². The van der Waals surface area contributed by atoms with Crippen molar-refractivity contribution in [2.75, 3.05) is 21.3 Å². The first kappa shape index (κ1) is 24.9. The molecule has 0 saturated carbocycles. The molecule has 0 atom stereocenters. The molecule has 1 N–H and O–H groups in total. The number of para-hydroxylation sites is 1. The van der Waals surface area contributed by atoms with Crippen LogP contribution in [0.4, 0.5) is 0 Å². The molecule has 4 aromatic carbocycles. The van der Waals surface area contributed by atoms with Gasteiger partial charge in [-0.3, -0.25) is 0 Å². The summed E-state index contributed by atoms with van der Waals surface area (Å²) in [7, 11) is 4.53. The molecule has 4 rings (SSSR count). The lowest BCUT2D eigenvalue weighted by Gasteiger charge is -2.23. The quantitative estimate of drug-likeness (QED) is 0.265. The van der Waals surface area contributed by atoms with Crippen molar-refractivity contribution in [3.05, 3.63) is 102 Å². The van der Waals surface area contributed by atoms with Crippen LogP contribution in [0.25, 0.3) is 11.1 Å². The Bertz CT molecular complexity index is 1270. The summed E-state index contributed by atoms with van der Waals surface area (Å²) in [4.78, 5) is 0. The van der Waals surface area contributed by atoms with Gasteiger partial charge in [-0.2, -0.15) is 0 Å². The number of ether oxygens (including phenoxy) is 5. The highest BCUT2D eigenvalue weighted by Crippen LogP contribution is 2.54. The maximum atomic E-state index is 11.4. The number of hydrogen-bond donors (Lipinski definition) is 1. The largest absolute Gasteiger partial charge is 0.504 e. The second-order valence-corrected chi connectivity index (χ2v) is 8.05. The first-order chi connectivity index (χ1) is 17.7. The van der Waals surface area contributed by atoms with E-state index >= 15 is 0 Å². The average molecular weight is 487 g/mol. The van der Waals surface area contributed by atoms with Crippen LogP contribution in [0.3, 0.4) is 0 Å². The Balaban J connectivity index is 1.78.